The summed E-state index contributed by atoms with van der Waals surface area (Å²) in [7, 11) is 0. The Morgan fingerprint density at radius 3 is 2.50 bits per heavy atom. The predicted octanol–water partition coefficient (Wildman–Crippen LogP) is 3.60. The van der Waals surface area contributed by atoms with Crippen molar-refractivity contribution < 1.29 is 22.8 Å². The van der Waals surface area contributed by atoms with Gasteiger partial charge in [-0.3, -0.25) is 9.59 Å². The number of oxazole rings is 1. The summed E-state index contributed by atoms with van der Waals surface area (Å²) >= 11 is 0. The normalized spacial score (nSPS) is 10.7. The molecule has 0 saturated heterocycles. The molecule has 0 aliphatic carbocycles. The van der Waals surface area contributed by atoms with E-state index < -0.39 is 17.5 Å². The fourth-order valence-electron chi connectivity index (χ4n) is 2.75. The first-order valence-corrected chi connectivity index (χ1v) is 8.45. The molecule has 3 aromatic rings. The molecule has 0 radical (unpaired) electrons. The van der Waals surface area contributed by atoms with Gasteiger partial charge < -0.3 is 15.5 Å². The summed E-state index contributed by atoms with van der Waals surface area (Å²) in [6.45, 7) is 1.68. The highest BCUT2D eigenvalue weighted by Crippen LogP contribution is 2.27. The fraction of sp³-hybridized carbons (Fsp3) is 0.150. The van der Waals surface area contributed by atoms with Crippen LogP contribution in [0.5, 0.6) is 0 Å². The van der Waals surface area contributed by atoms with Crippen molar-refractivity contribution in [1.29, 1.82) is 0 Å². The summed E-state index contributed by atoms with van der Waals surface area (Å²) in [5, 5.41) is 2.70. The van der Waals surface area contributed by atoms with Crippen molar-refractivity contribution >= 4 is 17.5 Å². The smallest absolute Gasteiger partial charge is 0.249 e. The fourth-order valence-corrected chi connectivity index (χ4v) is 2.75. The molecule has 8 heteroatoms. The van der Waals surface area contributed by atoms with Gasteiger partial charge in [-0.1, -0.05) is 12.1 Å². The highest BCUT2D eigenvalue weighted by Gasteiger charge is 2.17. The number of carbonyl (C=O) groups excluding carboxylic acids is 2. The van der Waals surface area contributed by atoms with Crippen LogP contribution in [-0.4, -0.2) is 16.8 Å². The molecule has 144 valence electrons. The molecule has 1 aromatic heterocycles. The minimum Gasteiger partial charge on any atom is -0.441 e. The number of rotatable bonds is 6. The van der Waals surface area contributed by atoms with Gasteiger partial charge in [0.2, 0.25) is 11.8 Å². The van der Waals surface area contributed by atoms with Gasteiger partial charge in [-0.2, -0.15) is 0 Å². The number of amides is 2. The number of nitrogens with two attached hydrogens (primary N) is 1. The van der Waals surface area contributed by atoms with Gasteiger partial charge in [0.05, 0.1) is 11.8 Å². The van der Waals surface area contributed by atoms with E-state index in [4.69, 9.17) is 10.2 Å². The molecule has 1 heterocycles. The molecule has 2 amide bonds. The topological polar surface area (TPSA) is 98.2 Å². The van der Waals surface area contributed by atoms with Crippen molar-refractivity contribution in [1.82, 2.24) is 4.98 Å². The van der Waals surface area contributed by atoms with Gasteiger partial charge >= 0.3 is 0 Å². The Hall–Kier alpha value is -3.55. The second kappa shape index (κ2) is 7.99. The van der Waals surface area contributed by atoms with Gasteiger partial charge in [0.1, 0.15) is 11.6 Å². The minimum atomic E-state index is -0.759. The van der Waals surface area contributed by atoms with E-state index in [2.05, 4.69) is 10.3 Å². The van der Waals surface area contributed by atoms with Crippen molar-refractivity contribution in [3.05, 3.63) is 71.2 Å². The molecule has 2 aromatic carbocycles. The molecule has 6 nitrogen and oxygen atoms in total. The van der Waals surface area contributed by atoms with Crippen LogP contribution in [0.2, 0.25) is 0 Å². The number of anilines is 1. The number of hydrogen-bond acceptors (Lipinski definition) is 4. The van der Waals surface area contributed by atoms with Crippen LogP contribution < -0.4 is 11.1 Å². The summed E-state index contributed by atoms with van der Waals surface area (Å²) in [4.78, 5) is 27.5. The Bertz CT molecular complexity index is 1030. The quantitative estimate of drug-likeness (QED) is 0.677. The van der Waals surface area contributed by atoms with Crippen LogP contribution in [0.15, 0.2) is 47.0 Å². The van der Waals surface area contributed by atoms with Crippen molar-refractivity contribution in [2.24, 2.45) is 5.73 Å². The number of carbonyl (C=O) groups is 2. The first-order chi connectivity index (χ1) is 13.4. The lowest BCUT2D eigenvalue weighted by molar-refractivity contribution is -0.116. The lowest BCUT2D eigenvalue weighted by Crippen LogP contribution is -2.17. The molecule has 3 N–H and O–H groups in total. The second-order valence-electron chi connectivity index (χ2n) is 6.11. The summed E-state index contributed by atoms with van der Waals surface area (Å²) in [5.41, 5.74) is 6.36. The standard InChI is InChI=1S/C20H17F2N3O3/c1-11-12(20(23)27)4-2-7-15(11)25-17(26)8-9-18-24-10-16(28-18)19-13(21)5-3-6-14(19)22/h2-7,10H,8-9H2,1H3,(H2,23,27)(H,25,26). The van der Waals surface area contributed by atoms with Gasteiger partial charge in [0, 0.05) is 24.1 Å². The van der Waals surface area contributed by atoms with Gasteiger partial charge in [-0.25, -0.2) is 13.8 Å². The molecule has 0 spiro atoms. The molecule has 28 heavy (non-hydrogen) atoms. The second-order valence-corrected chi connectivity index (χ2v) is 6.11. The van der Waals surface area contributed by atoms with Crippen LogP contribution in [-0.2, 0) is 11.2 Å². The number of benzene rings is 2. The molecule has 0 aliphatic rings. The minimum absolute atomic E-state index is 0.0277. The zero-order valence-electron chi connectivity index (χ0n) is 15.0. The van der Waals surface area contributed by atoms with E-state index in [1.54, 1.807) is 25.1 Å². The third-order valence-corrected chi connectivity index (χ3v) is 4.20. The van der Waals surface area contributed by atoms with E-state index in [9.17, 15) is 18.4 Å². The monoisotopic (exact) mass is 385 g/mol. The largest absolute Gasteiger partial charge is 0.441 e. The maximum absolute atomic E-state index is 13.8. The number of nitrogens with zero attached hydrogens (tertiary/aromatic N) is 1. The van der Waals surface area contributed by atoms with E-state index in [1.165, 1.54) is 12.3 Å². The van der Waals surface area contributed by atoms with Crippen molar-refractivity contribution in [2.75, 3.05) is 5.32 Å². The number of hydrogen-bond donors (Lipinski definition) is 2. The zero-order chi connectivity index (χ0) is 20.3. The van der Waals surface area contributed by atoms with Gasteiger partial charge in [0.15, 0.2) is 11.7 Å². The number of aryl methyl sites for hydroxylation is 1. The Labute approximate surface area is 159 Å². The van der Waals surface area contributed by atoms with Crippen LogP contribution in [0, 0.1) is 18.6 Å². The average Bonchev–Trinajstić information content (AvgIpc) is 3.10. The summed E-state index contributed by atoms with van der Waals surface area (Å²) in [5.74, 6) is -2.30. The maximum Gasteiger partial charge on any atom is 0.249 e. The molecule has 3 rings (SSSR count). The van der Waals surface area contributed by atoms with Crippen LogP contribution in [0.4, 0.5) is 14.5 Å². The van der Waals surface area contributed by atoms with Crippen LogP contribution in [0.3, 0.4) is 0 Å². The summed E-state index contributed by atoms with van der Waals surface area (Å²) in [6.07, 6.45) is 1.38. The van der Waals surface area contributed by atoms with Crippen LogP contribution in [0.1, 0.15) is 28.2 Å². The van der Waals surface area contributed by atoms with Gasteiger partial charge in [0.25, 0.3) is 0 Å². The zero-order valence-corrected chi connectivity index (χ0v) is 15.0. The lowest BCUT2D eigenvalue weighted by atomic mass is 10.1. The van der Waals surface area contributed by atoms with Crippen molar-refractivity contribution in [2.45, 2.75) is 19.8 Å². The summed E-state index contributed by atoms with van der Waals surface area (Å²) in [6, 6.07) is 8.34. The Kier molecular flexibility index (Phi) is 5.49. The molecule has 0 saturated carbocycles. The highest BCUT2D eigenvalue weighted by molar-refractivity contribution is 5.98. The van der Waals surface area contributed by atoms with E-state index in [-0.39, 0.29) is 36.0 Å². The molecular formula is C20H17F2N3O3. The molecule has 0 fully saturated rings. The van der Waals surface area contributed by atoms with E-state index in [1.807, 2.05) is 0 Å². The number of aromatic nitrogens is 1. The SMILES string of the molecule is Cc1c(NC(=O)CCc2ncc(-c3c(F)cccc3F)o2)cccc1C(N)=O. The molecular weight excluding hydrogens is 368 g/mol. The third-order valence-electron chi connectivity index (χ3n) is 4.20. The molecule has 0 unspecified atom stereocenters. The van der Waals surface area contributed by atoms with Gasteiger partial charge in [-0.05, 0) is 36.8 Å². The van der Waals surface area contributed by atoms with Crippen LogP contribution in [0.25, 0.3) is 11.3 Å². The van der Waals surface area contributed by atoms with Crippen LogP contribution >= 0.6 is 0 Å². The predicted molar refractivity (Wildman–Crippen MR) is 98.5 cm³/mol. The maximum atomic E-state index is 13.8. The van der Waals surface area contributed by atoms with E-state index in [0.717, 1.165) is 12.1 Å². The molecule has 0 aliphatic heterocycles. The first kappa shape index (κ1) is 19.2. The molecule has 0 bridgehead atoms. The number of nitrogens with one attached hydrogen (secondary N) is 1. The van der Waals surface area contributed by atoms with Crippen molar-refractivity contribution in [3.63, 3.8) is 0 Å². The molecule has 0 atom stereocenters. The van der Waals surface area contributed by atoms with Crippen molar-refractivity contribution in [3.8, 4) is 11.3 Å². The Morgan fingerprint density at radius 2 is 1.82 bits per heavy atom. The average molecular weight is 385 g/mol. The third kappa shape index (κ3) is 4.06. The number of primary amides is 1. The lowest BCUT2D eigenvalue weighted by Gasteiger charge is -2.10. The first-order valence-electron chi connectivity index (χ1n) is 8.45. The van der Waals surface area contributed by atoms with Gasteiger partial charge in [-0.15, -0.1) is 0 Å². The van der Waals surface area contributed by atoms with E-state index >= 15 is 0 Å². The Balaban J connectivity index is 1.66. The van der Waals surface area contributed by atoms with E-state index in [0.29, 0.717) is 16.8 Å². The Morgan fingerprint density at radius 1 is 1.14 bits per heavy atom. The number of halogens is 2. The highest BCUT2D eigenvalue weighted by atomic mass is 19.1. The summed E-state index contributed by atoms with van der Waals surface area (Å²) < 4.78 is 33.0.